The number of Topliss-reactive ketones (excluding diaryl/α,β-unsaturated/α-hetero) is 1. The van der Waals surface area contributed by atoms with E-state index in [1.54, 1.807) is 0 Å². The Kier molecular flexibility index (Phi) is 1.38. The summed E-state index contributed by atoms with van der Waals surface area (Å²) >= 11 is 0. The van der Waals surface area contributed by atoms with Gasteiger partial charge in [0, 0.05) is 12.3 Å². The van der Waals surface area contributed by atoms with Gasteiger partial charge in [0.2, 0.25) is 0 Å². The van der Waals surface area contributed by atoms with Crippen molar-refractivity contribution in [3.05, 3.63) is 0 Å². The van der Waals surface area contributed by atoms with E-state index in [4.69, 9.17) is 0 Å². The van der Waals surface area contributed by atoms with E-state index in [9.17, 15) is 4.79 Å². The summed E-state index contributed by atoms with van der Waals surface area (Å²) in [6, 6.07) is 0. The molecule has 0 aromatic heterocycles. The first-order valence-electron chi connectivity index (χ1n) is 5.34. The molecule has 0 aromatic carbocycles. The van der Waals surface area contributed by atoms with E-state index in [1.807, 2.05) is 0 Å². The molecule has 4 aliphatic rings. The average Bonchev–Trinajstić information content (AvgIpc) is 2.16. The normalized spacial score (nSPS) is 51.2. The molecule has 0 N–H and O–H groups in total. The number of carbonyl (C=O) groups is 1. The average molecular weight is 164 g/mol. The summed E-state index contributed by atoms with van der Waals surface area (Å²) < 4.78 is 0. The van der Waals surface area contributed by atoms with Gasteiger partial charge in [0.1, 0.15) is 5.78 Å². The molecule has 4 rings (SSSR count). The summed E-state index contributed by atoms with van der Waals surface area (Å²) in [4.78, 5) is 11.7. The van der Waals surface area contributed by atoms with Gasteiger partial charge >= 0.3 is 0 Å². The van der Waals surface area contributed by atoms with Crippen molar-refractivity contribution in [2.45, 2.75) is 38.5 Å². The molecule has 0 heterocycles. The molecule has 0 aromatic rings. The molecule has 1 nitrogen and oxygen atoms in total. The van der Waals surface area contributed by atoms with Crippen molar-refractivity contribution in [3.8, 4) is 0 Å². The third kappa shape index (κ3) is 0.949. The lowest BCUT2D eigenvalue weighted by molar-refractivity contribution is -0.123. The molecule has 0 spiro atoms. The van der Waals surface area contributed by atoms with Gasteiger partial charge in [-0.3, -0.25) is 4.79 Å². The number of hydrogen-bond donors (Lipinski definition) is 0. The smallest absolute Gasteiger partial charge is 0.136 e. The molecule has 1 heteroatoms. The number of fused-ring (bicyclic) bond motifs is 1. The van der Waals surface area contributed by atoms with Crippen molar-refractivity contribution < 1.29 is 4.79 Å². The third-order valence-electron chi connectivity index (χ3n) is 4.18. The second-order valence-electron chi connectivity index (χ2n) is 5.14. The maximum absolute atomic E-state index is 11.7. The quantitative estimate of drug-likeness (QED) is 0.537. The minimum absolute atomic E-state index is 0.487. The highest BCUT2D eigenvalue weighted by molar-refractivity contribution is 5.82. The first-order valence-corrected chi connectivity index (χ1v) is 5.34. The lowest BCUT2D eigenvalue weighted by Gasteiger charge is -2.37. The Morgan fingerprint density at radius 1 is 0.833 bits per heavy atom. The number of carbonyl (C=O) groups excluding carboxylic acids is 1. The number of ketones is 1. The van der Waals surface area contributed by atoms with Crippen LogP contribution in [0.3, 0.4) is 0 Å². The van der Waals surface area contributed by atoms with E-state index in [1.165, 1.54) is 32.1 Å². The Bertz CT molecular complexity index is 207. The molecule has 0 saturated heterocycles. The molecular formula is C11H16O. The highest BCUT2D eigenvalue weighted by Crippen LogP contribution is 2.49. The summed E-state index contributed by atoms with van der Waals surface area (Å²) in [5, 5.41) is 0. The van der Waals surface area contributed by atoms with Gasteiger partial charge in [-0.2, -0.15) is 0 Å². The Morgan fingerprint density at radius 2 is 1.42 bits per heavy atom. The number of hydrogen-bond acceptors (Lipinski definition) is 1. The van der Waals surface area contributed by atoms with Gasteiger partial charge in [0.25, 0.3) is 0 Å². The fraction of sp³-hybridized carbons (Fsp3) is 0.909. The van der Waals surface area contributed by atoms with E-state index in [0.29, 0.717) is 11.7 Å². The molecule has 0 aliphatic heterocycles. The van der Waals surface area contributed by atoms with Crippen LogP contribution in [-0.2, 0) is 4.79 Å². The zero-order chi connectivity index (χ0) is 8.13. The standard InChI is InChI=1S/C11H16O/c12-11-6-9-2-7-1-8(3-9)5-10(11)4-7/h7-10H,1-6H2/t7-,8-,9?,10?/m1/s1. The molecule has 4 bridgehead atoms. The molecule has 66 valence electrons. The van der Waals surface area contributed by atoms with Crippen molar-refractivity contribution in [1.82, 2.24) is 0 Å². The van der Waals surface area contributed by atoms with Crippen molar-refractivity contribution in [2.24, 2.45) is 23.7 Å². The minimum Gasteiger partial charge on any atom is -0.299 e. The summed E-state index contributed by atoms with van der Waals surface area (Å²) in [5.41, 5.74) is 0. The highest BCUT2D eigenvalue weighted by Gasteiger charge is 2.42. The van der Waals surface area contributed by atoms with Gasteiger partial charge in [-0.1, -0.05) is 0 Å². The lowest BCUT2D eigenvalue weighted by Crippen LogP contribution is -2.27. The maximum atomic E-state index is 11.7. The van der Waals surface area contributed by atoms with Gasteiger partial charge in [-0.05, 0) is 49.9 Å². The highest BCUT2D eigenvalue weighted by atomic mass is 16.1. The molecular weight excluding hydrogens is 148 g/mol. The zero-order valence-electron chi connectivity index (χ0n) is 7.46. The van der Waals surface area contributed by atoms with E-state index < -0.39 is 0 Å². The van der Waals surface area contributed by atoms with Crippen LogP contribution in [0.2, 0.25) is 0 Å². The van der Waals surface area contributed by atoms with Crippen LogP contribution in [0.1, 0.15) is 38.5 Å². The SMILES string of the molecule is O=C1CC2C[C@@H]3CC1C[C@@H](C2)C3. The summed E-state index contributed by atoms with van der Waals surface area (Å²) in [6.45, 7) is 0. The first-order chi connectivity index (χ1) is 5.81. The molecule has 0 unspecified atom stereocenters. The van der Waals surface area contributed by atoms with Crippen LogP contribution in [0.15, 0.2) is 0 Å². The molecule has 4 saturated carbocycles. The second kappa shape index (κ2) is 2.34. The third-order valence-corrected chi connectivity index (χ3v) is 4.18. The zero-order valence-corrected chi connectivity index (χ0v) is 7.46. The van der Waals surface area contributed by atoms with Crippen LogP contribution in [0.25, 0.3) is 0 Å². The van der Waals surface area contributed by atoms with Gasteiger partial charge < -0.3 is 0 Å². The van der Waals surface area contributed by atoms with E-state index >= 15 is 0 Å². The van der Waals surface area contributed by atoms with Crippen molar-refractivity contribution in [3.63, 3.8) is 0 Å². The van der Waals surface area contributed by atoms with Crippen molar-refractivity contribution >= 4 is 5.78 Å². The maximum Gasteiger partial charge on any atom is 0.136 e. The summed E-state index contributed by atoms with van der Waals surface area (Å²) in [6.07, 6.45) is 7.60. The fourth-order valence-corrected chi connectivity index (χ4v) is 3.87. The van der Waals surface area contributed by atoms with Gasteiger partial charge in [-0.25, -0.2) is 0 Å². The monoisotopic (exact) mass is 164 g/mol. The van der Waals surface area contributed by atoms with E-state index in [0.717, 1.165) is 24.2 Å². The molecule has 4 fully saturated rings. The summed E-state index contributed by atoms with van der Waals surface area (Å²) in [7, 11) is 0. The first kappa shape index (κ1) is 7.11. The Balaban J connectivity index is 1.95. The van der Waals surface area contributed by atoms with Gasteiger partial charge in [-0.15, -0.1) is 0 Å². The molecule has 0 radical (unpaired) electrons. The predicted octanol–water partition coefficient (Wildman–Crippen LogP) is 2.40. The summed E-state index contributed by atoms with van der Waals surface area (Å²) in [5.74, 6) is 3.73. The van der Waals surface area contributed by atoms with Crippen LogP contribution in [0.4, 0.5) is 0 Å². The Labute approximate surface area is 73.5 Å². The largest absolute Gasteiger partial charge is 0.299 e. The second-order valence-corrected chi connectivity index (χ2v) is 5.14. The van der Waals surface area contributed by atoms with Gasteiger partial charge in [0.05, 0.1) is 0 Å². The minimum atomic E-state index is 0.487. The molecule has 12 heavy (non-hydrogen) atoms. The lowest BCUT2D eigenvalue weighted by atomic mass is 9.68. The molecule has 4 aliphatic carbocycles. The molecule has 0 amide bonds. The van der Waals surface area contributed by atoms with E-state index in [-0.39, 0.29) is 0 Å². The molecule has 2 atom stereocenters. The van der Waals surface area contributed by atoms with Crippen molar-refractivity contribution in [2.75, 3.05) is 0 Å². The van der Waals surface area contributed by atoms with E-state index in [2.05, 4.69) is 0 Å². The topological polar surface area (TPSA) is 17.1 Å². The Hall–Kier alpha value is -0.330. The Morgan fingerprint density at radius 3 is 2.08 bits per heavy atom. The predicted molar refractivity (Wildman–Crippen MR) is 46.7 cm³/mol. The van der Waals surface area contributed by atoms with Crippen LogP contribution in [0, 0.1) is 23.7 Å². The van der Waals surface area contributed by atoms with Gasteiger partial charge in [0.15, 0.2) is 0 Å². The van der Waals surface area contributed by atoms with Crippen LogP contribution < -0.4 is 0 Å². The van der Waals surface area contributed by atoms with Crippen LogP contribution >= 0.6 is 0 Å². The van der Waals surface area contributed by atoms with Crippen molar-refractivity contribution in [1.29, 1.82) is 0 Å². The van der Waals surface area contributed by atoms with Crippen LogP contribution in [0.5, 0.6) is 0 Å². The van der Waals surface area contributed by atoms with Crippen LogP contribution in [-0.4, -0.2) is 5.78 Å². The number of rotatable bonds is 0. The fourth-order valence-electron chi connectivity index (χ4n) is 3.87.